The van der Waals surface area contributed by atoms with Gasteiger partial charge in [0.05, 0.1) is 5.70 Å². The van der Waals surface area contributed by atoms with Crippen molar-refractivity contribution in [2.75, 3.05) is 39.3 Å². The Kier molecular flexibility index (Phi) is 12.7. The van der Waals surface area contributed by atoms with Crippen LogP contribution in [0.25, 0.3) is 0 Å². The second-order valence-corrected chi connectivity index (χ2v) is 11.7. The van der Waals surface area contributed by atoms with Gasteiger partial charge in [0.1, 0.15) is 11.4 Å². The Bertz CT molecular complexity index is 1330. The average Bonchev–Trinajstić information content (AvgIpc) is 3.57. The fraction of sp³-hybridized carbons (Fsp3) is 0.600. The predicted molar refractivity (Wildman–Crippen MR) is 113 cm³/mol. The van der Waals surface area contributed by atoms with Gasteiger partial charge in [0.25, 0.3) is 0 Å². The van der Waals surface area contributed by atoms with E-state index in [4.69, 9.17) is 38.9 Å². The van der Waals surface area contributed by atoms with Crippen LogP contribution in [0.4, 0.5) is 39.5 Å². The van der Waals surface area contributed by atoms with Gasteiger partial charge in [0.2, 0.25) is 11.6 Å². The van der Waals surface area contributed by atoms with Crippen molar-refractivity contribution in [2.24, 2.45) is 0 Å². The molecular weight excluding hydrogens is 735 g/mol. The third kappa shape index (κ3) is 11.9. The first kappa shape index (κ1) is 40.0. The second-order valence-electron chi connectivity index (χ2n) is 7.58. The molecule has 3 fully saturated rings. The number of halogens is 9. The molecule has 0 aromatic rings. The zero-order chi connectivity index (χ0) is 32.6. The van der Waals surface area contributed by atoms with Crippen molar-refractivity contribution in [3.05, 3.63) is 23.2 Å². The molecule has 0 saturated carbocycles. The quantitative estimate of drug-likeness (QED) is 0.0842. The molecule has 4 aliphatic rings. The summed E-state index contributed by atoms with van der Waals surface area (Å²) in [5.74, 6) is 0.0485. The molecule has 1 aliphatic carbocycles. The van der Waals surface area contributed by atoms with Crippen LogP contribution in [-0.2, 0) is 39.9 Å². The molecule has 27 heteroatoms. The number of alkyl halides is 9. The van der Waals surface area contributed by atoms with Gasteiger partial charge in [-0.1, -0.05) is 0 Å². The van der Waals surface area contributed by atoms with Crippen LogP contribution in [0.1, 0.15) is 0 Å². The van der Waals surface area contributed by atoms with Gasteiger partial charge < -0.3 is 28.4 Å². The molecule has 0 aromatic heterocycles. The van der Waals surface area contributed by atoms with Crippen molar-refractivity contribution in [1.29, 1.82) is 0 Å². The summed E-state index contributed by atoms with van der Waals surface area (Å²) in [6, 6.07) is 0. The van der Waals surface area contributed by atoms with Crippen molar-refractivity contribution in [3.8, 4) is 0 Å². The number of allylic oxidation sites excluding steroid dienone is 1. The number of rotatable bonds is 3. The minimum atomic E-state index is -6.09. The largest absolute Gasteiger partial charge is 3.00 e. The van der Waals surface area contributed by atoms with Gasteiger partial charge in [-0.05, 0) is 0 Å². The van der Waals surface area contributed by atoms with E-state index in [2.05, 4.69) is 0 Å². The van der Waals surface area contributed by atoms with E-state index >= 15 is 0 Å². The van der Waals surface area contributed by atoms with Crippen molar-refractivity contribution < 1.29 is 88.0 Å². The van der Waals surface area contributed by atoms with Crippen LogP contribution in [0.5, 0.6) is 0 Å². The zero-order valence-electron chi connectivity index (χ0n) is 19.9. The summed E-state index contributed by atoms with van der Waals surface area (Å²) in [7, 11) is -18.3. The van der Waals surface area contributed by atoms with E-state index < -0.39 is 46.9 Å². The first-order valence-electron chi connectivity index (χ1n) is 9.87. The number of hydrogen-bond acceptors (Lipinski definition) is 14. The molecule has 3 heterocycles. The van der Waals surface area contributed by atoms with E-state index in [1.807, 2.05) is 14.7 Å². The van der Waals surface area contributed by atoms with E-state index in [0.717, 1.165) is 39.3 Å². The molecule has 0 aromatic carbocycles. The fourth-order valence-corrected chi connectivity index (χ4v) is 2.28. The van der Waals surface area contributed by atoms with Crippen LogP contribution in [-0.4, -0.2) is 141 Å². The first-order valence-corrected chi connectivity index (χ1v) is 14.1. The molecule has 0 unspecified atom stereocenters. The van der Waals surface area contributed by atoms with E-state index in [1.54, 1.807) is 0 Å². The minimum Gasteiger partial charge on any atom is -0.741 e. The summed E-state index contributed by atoms with van der Waals surface area (Å²) in [5.41, 5.74) is -15.1. The van der Waals surface area contributed by atoms with Crippen LogP contribution in [0.2, 0.25) is 0 Å². The SMILES string of the molecule is O=C1C=C(N2CC2)C(=O)C(N2CC2)=C1N1CC1.O=S(=O)([O-])C(F)(F)F.O=S(=O)([O-])C(F)(F)F.O=S(=O)([O-])C(F)(F)F.[Ga+3]. The van der Waals surface area contributed by atoms with E-state index in [-0.39, 0.29) is 31.4 Å². The summed E-state index contributed by atoms with van der Waals surface area (Å²) in [6.45, 7) is 5.41. The Morgan fingerprint density at radius 3 is 1.00 bits per heavy atom. The van der Waals surface area contributed by atoms with E-state index in [0.29, 0.717) is 17.1 Å². The van der Waals surface area contributed by atoms with Crippen LogP contribution in [0, 0.1) is 0 Å². The molecule has 238 valence electrons. The molecule has 0 N–H and O–H groups in total. The molecule has 0 amide bonds. The molecule has 42 heavy (non-hydrogen) atoms. The van der Waals surface area contributed by atoms with Crippen LogP contribution in [0.15, 0.2) is 23.2 Å². The smallest absolute Gasteiger partial charge is 0.741 e. The number of hydrogen-bond donors (Lipinski definition) is 0. The van der Waals surface area contributed by atoms with Gasteiger partial charge >= 0.3 is 36.3 Å². The van der Waals surface area contributed by atoms with Gasteiger partial charge in [0.15, 0.2) is 30.4 Å². The Labute approximate surface area is 243 Å². The maximum absolute atomic E-state index is 12.4. The summed E-state index contributed by atoms with van der Waals surface area (Å²) in [6.07, 6.45) is 1.52. The monoisotopic (exact) mass is 747 g/mol. The number of carbonyl (C=O) groups excluding carboxylic acids is 2. The van der Waals surface area contributed by atoms with Crippen LogP contribution >= 0.6 is 0 Å². The van der Waals surface area contributed by atoms with Crippen molar-refractivity contribution in [3.63, 3.8) is 0 Å². The first-order chi connectivity index (χ1) is 18.0. The molecule has 14 nitrogen and oxygen atoms in total. The van der Waals surface area contributed by atoms with Gasteiger partial charge in [0, 0.05) is 45.3 Å². The second kappa shape index (κ2) is 13.3. The predicted octanol–water partition coefficient (Wildman–Crippen LogP) is -1.05. The fourth-order valence-electron chi connectivity index (χ4n) is 2.28. The van der Waals surface area contributed by atoms with E-state index in [9.17, 15) is 49.1 Å². The van der Waals surface area contributed by atoms with Crippen LogP contribution in [0.3, 0.4) is 0 Å². The Morgan fingerprint density at radius 1 is 0.548 bits per heavy atom. The number of ketones is 2. The van der Waals surface area contributed by atoms with Gasteiger partial charge in [-0.15, -0.1) is 0 Å². The molecule has 3 aliphatic heterocycles. The maximum atomic E-state index is 12.4. The molecular formula is C15H13F9GaN3O11S3. The summed E-state index contributed by atoms with van der Waals surface area (Å²) in [5, 5.41) is 0. The Hall–Kier alpha value is -2.04. The van der Waals surface area contributed by atoms with Crippen molar-refractivity contribution in [2.45, 2.75) is 16.5 Å². The third-order valence-corrected chi connectivity index (χ3v) is 6.04. The standard InChI is InChI=1S/C12H13N3O2.3CHF3O3S.Ga/c16-9-7-8(13-1-2-13)12(17)11(15-5-6-15)10(9)14-3-4-14;3*2-1(3,4)8(5,6)7;/h7H,1-6H2;3*(H,5,6,7);/q;;;;+3/p-3. The molecule has 0 radical (unpaired) electrons. The van der Waals surface area contributed by atoms with Crippen molar-refractivity contribution in [1.82, 2.24) is 14.7 Å². The molecule has 3 saturated heterocycles. The molecule has 4 rings (SSSR count). The van der Waals surface area contributed by atoms with E-state index in [1.165, 1.54) is 6.08 Å². The number of Topliss-reactive ketones (excluding diaryl/α,β-unsaturated/α-hetero) is 1. The molecule has 0 atom stereocenters. The van der Waals surface area contributed by atoms with Gasteiger partial charge in [-0.3, -0.25) is 9.59 Å². The summed E-state index contributed by atoms with van der Waals surface area (Å²) in [4.78, 5) is 30.5. The minimum absolute atomic E-state index is 0. The average molecular weight is 748 g/mol. The van der Waals surface area contributed by atoms with Gasteiger partial charge in [-0.25, -0.2) is 25.3 Å². The Balaban J connectivity index is 0.000000581. The Morgan fingerprint density at radius 2 is 0.786 bits per heavy atom. The van der Waals surface area contributed by atoms with Crippen molar-refractivity contribution >= 4 is 61.7 Å². The van der Waals surface area contributed by atoms with Crippen LogP contribution < -0.4 is 0 Å². The maximum Gasteiger partial charge on any atom is 3.00 e. The third-order valence-electron chi connectivity index (χ3n) is 4.34. The summed E-state index contributed by atoms with van der Waals surface area (Å²) < 4.78 is 177. The number of nitrogens with zero attached hydrogens (tertiary/aromatic N) is 3. The zero-order valence-corrected chi connectivity index (χ0v) is 24.7. The molecule has 0 spiro atoms. The molecule has 0 bridgehead atoms. The normalized spacial score (nSPS) is 18.8. The topological polar surface area (TPSA) is 215 Å². The summed E-state index contributed by atoms with van der Waals surface area (Å²) >= 11 is 0. The number of carbonyl (C=O) groups is 2. The van der Waals surface area contributed by atoms with Gasteiger partial charge in [-0.2, -0.15) is 39.5 Å².